The number of hydrogen-bond acceptors (Lipinski definition) is 2. The van der Waals surface area contributed by atoms with Crippen LogP contribution in [-0.4, -0.2) is 25.3 Å². The third-order valence-corrected chi connectivity index (χ3v) is 3.79. The molecule has 0 saturated heterocycles. The largest absolute Gasteiger partial charge is 0.375 e. The smallest absolute Gasteiger partial charge is 0.0750 e. The second kappa shape index (κ2) is 13.9. The van der Waals surface area contributed by atoms with Crippen molar-refractivity contribution in [1.82, 2.24) is 5.32 Å². The van der Waals surface area contributed by atoms with E-state index in [9.17, 15) is 0 Å². The molecule has 0 spiro atoms. The molecule has 2 heteroatoms. The predicted molar refractivity (Wildman–Crippen MR) is 90.4 cm³/mol. The lowest BCUT2D eigenvalue weighted by Gasteiger charge is -2.25. The van der Waals surface area contributed by atoms with Crippen molar-refractivity contribution >= 4 is 0 Å². The van der Waals surface area contributed by atoms with Gasteiger partial charge in [-0.25, -0.2) is 0 Å². The van der Waals surface area contributed by atoms with Gasteiger partial charge in [-0.2, -0.15) is 0 Å². The summed E-state index contributed by atoms with van der Waals surface area (Å²) in [5.74, 6) is 0. The van der Waals surface area contributed by atoms with Gasteiger partial charge >= 0.3 is 0 Å². The molecule has 0 aromatic heterocycles. The highest BCUT2D eigenvalue weighted by Gasteiger charge is 2.15. The predicted octanol–water partition coefficient (Wildman–Crippen LogP) is 5.31. The molecule has 0 atom stereocenters. The summed E-state index contributed by atoms with van der Waals surface area (Å²) in [5, 5.41) is 3.51. The minimum atomic E-state index is -0.0206. The number of nitrogens with one attached hydrogen (secondary N) is 1. The Morgan fingerprint density at radius 2 is 1.25 bits per heavy atom. The first-order chi connectivity index (χ1) is 9.62. The van der Waals surface area contributed by atoms with Gasteiger partial charge in [0.15, 0.2) is 0 Å². The van der Waals surface area contributed by atoms with Gasteiger partial charge in [-0.05, 0) is 33.7 Å². The van der Waals surface area contributed by atoms with Crippen LogP contribution in [0.2, 0.25) is 0 Å². The molecule has 0 radical (unpaired) electrons. The number of rotatable bonds is 15. The highest BCUT2D eigenvalue weighted by Crippen LogP contribution is 2.10. The first-order valence-electron chi connectivity index (χ1n) is 8.97. The second-order valence-corrected chi connectivity index (χ2v) is 6.55. The van der Waals surface area contributed by atoms with Gasteiger partial charge in [-0.15, -0.1) is 0 Å². The van der Waals surface area contributed by atoms with E-state index in [1.807, 2.05) is 0 Å². The van der Waals surface area contributed by atoms with Crippen LogP contribution in [0.15, 0.2) is 0 Å². The minimum Gasteiger partial charge on any atom is -0.375 e. The van der Waals surface area contributed by atoms with E-state index in [1.165, 1.54) is 64.2 Å². The number of unbranched alkanes of at least 4 members (excludes halogenated alkanes) is 9. The van der Waals surface area contributed by atoms with E-state index < -0.39 is 0 Å². The molecule has 0 saturated carbocycles. The van der Waals surface area contributed by atoms with Crippen LogP contribution < -0.4 is 5.32 Å². The Morgan fingerprint density at radius 1 is 0.750 bits per heavy atom. The van der Waals surface area contributed by atoms with Crippen LogP contribution in [0.4, 0.5) is 0 Å². The zero-order chi connectivity index (χ0) is 15.1. The molecule has 0 bridgehead atoms. The maximum atomic E-state index is 5.67. The Hall–Kier alpha value is -0.0800. The summed E-state index contributed by atoms with van der Waals surface area (Å²) in [7, 11) is 0. The first kappa shape index (κ1) is 19.9. The number of ether oxygens (including phenoxy) is 1. The molecule has 20 heavy (non-hydrogen) atoms. The fourth-order valence-corrected chi connectivity index (χ4v) is 2.57. The van der Waals surface area contributed by atoms with Crippen LogP contribution in [0.5, 0.6) is 0 Å². The maximum Gasteiger partial charge on any atom is 0.0750 e. The van der Waals surface area contributed by atoms with Crippen LogP contribution in [0.1, 0.15) is 91.9 Å². The van der Waals surface area contributed by atoms with E-state index in [0.717, 1.165) is 19.7 Å². The first-order valence-corrected chi connectivity index (χ1v) is 8.97. The van der Waals surface area contributed by atoms with Gasteiger partial charge in [0, 0.05) is 13.2 Å². The monoisotopic (exact) mass is 285 g/mol. The molecule has 0 fully saturated rings. The normalized spacial score (nSPS) is 12.0. The average Bonchev–Trinajstić information content (AvgIpc) is 2.40. The van der Waals surface area contributed by atoms with Crippen LogP contribution in [0.3, 0.4) is 0 Å². The Kier molecular flexibility index (Phi) is 13.8. The Bertz CT molecular complexity index is 192. The molecule has 122 valence electrons. The molecule has 0 rings (SSSR count). The minimum absolute atomic E-state index is 0.0206. The van der Waals surface area contributed by atoms with Gasteiger partial charge < -0.3 is 10.1 Å². The zero-order valence-corrected chi connectivity index (χ0v) is 14.6. The van der Waals surface area contributed by atoms with Crippen molar-refractivity contribution in [2.24, 2.45) is 0 Å². The summed E-state index contributed by atoms with van der Waals surface area (Å²) in [4.78, 5) is 0. The molecule has 0 aliphatic carbocycles. The van der Waals surface area contributed by atoms with Gasteiger partial charge in [-0.3, -0.25) is 0 Å². The summed E-state index contributed by atoms with van der Waals surface area (Å²) < 4.78 is 5.67. The van der Waals surface area contributed by atoms with Crippen LogP contribution in [-0.2, 0) is 4.74 Å². The van der Waals surface area contributed by atoms with Gasteiger partial charge in [0.05, 0.1) is 5.60 Å². The van der Waals surface area contributed by atoms with E-state index in [1.54, 1.807) is 0 Å². The molecule has 0 aromatic rings. The van der Waals surface area contributed by atoms with E-state index in [2.05, 4.69) is 33.0 Å². The van der Waals surface area contributed by atoms with Crippen molar-refractivity contribution < 1.29 is 4.74 Å². The zero-order valence-electron chi connectivity index (χ0n) is 14.6. The van der Waals surface area contributed by atoms with Crippen molar-refractivity contribution in [2.45, 2.75) is 97.5 Å². The molecular weight excluding hydrogens is 246 g/mol. The van der Waals surface area contributed by atoms with Gasteiger partial charge in [-0.1, -0.05) is 64.7 Å². The SMILES string of the molecule is CCCCCCCCCCCCNCC(C)(C)OCC. The van der Waals surface area contributed by atoms with Crippen LogP contribution >= 0.6 is 0 Å². The summed E-state index contributed by atoms with van der Waals surface area (Å²) >= 11 is 0. The summed E-state index contributed by atoms with van der Waals surface area (Å²) in [6, 6.07) is 0. The van der Waals surface area contributed by atoms with Gasteiger partial charge in [0.1, 0.15) is 0 Å². The molecule has 0 amide bonds. The highest BCUT2D eigenvalue weighted by atomic mass is 16.5. The molecular formula is C18H39NO. The van der Waals surface area contributed by atoms with E-state index in [4.69, 9.17) is 4.74 Å². The molecule has 0 heterocycles. The summed E-state index contributed by atoms with van der Waals surface area (Å²) in [6.07, 6.45) is 14.1. The lowest BCUT2D eigenvalue weighted by Crippen LogP contribution is -2.38. The van der Waals surface area contributed by atoms with Crippen molar-refractivity contribution in [3.63, 3.8) is 0 Å². The van der Waals surface area contributed by atoms with E-state index in [0.29, 0.717) is 0 Å². The van der Waals surface area contributed by atoms with E-state index in [-0.39, 0.29) is 5.60 Å². The standard InChI is InChI=1S/C18H39NO/c1-5-7-8-9-10-11-12-13-14-15-16-19-17-18(3,4)20-6-2/h19H,5-17H2,1-4H3. The van der Waals surface area contributed by atoms with Crippen LogP contribution in [0.25, 0.3) is 0 Å². The fraction of sp³-hybridized carbons (Fsp3) is 1.00. The molecule has 0 aliphatic heterocycles. The maximum absolute atomic E-state index is 5.67. The van der Waals surface area contributed by atoms with Crippen molar-refractivity contribution in [3.05, 3.63) is 0 Å². The fourth-order valence-electron chi connectivity index (χ4n) is 2.57. The van der Waals surface area contributed by atoms with Gasteiger partial charge in [0.25, 0.3) is 0 Å². The van der Waals surface area contributed by atoms with Crippen molar-refractivity contribution in [1.29, 1.82) is 0 Å². The summed E-state index contributed by atoms with van der Waals surface area (Å²) in [6.45, 7) is 11.5. The Balaban J connectivity index is 3.13. The third-order valence-electron chi connectivity index (χ3n) is 3.79. The second-order valence-electron chi connectivity index (χ2n) is 6.55. The average molecular weight is 286 g/mol. The van der Waals surface area contributed by atoms with Crippen molar-refractivity contribution in [3.8, 4) is 0 Å². The van der Waals surface area contributed by atoms with E-state index >= 15 is 0 Å². The van der Waals surface area contributed by atoms with Crippen LogP contribution in [0, 0.1) is 0 Å². The molecule has 1 N–H and O–H groups in total. The molecule has 0 aromatic carbocycles. The molecule has 0 aliphatic rings. The molecule has 2 nitrogen and oxygen atoms in total. The van der Waals surface area contributed by atoms with Gasteiger partial charge in [0.2, 0.25) is 0 Å². The molecule has 0 unspecified atom stereocenters. The Labute approximate surface area is 128 Å². The number of hydrogen-bond donors (Lipinski definition) is 1. The Morgan fingerprint density at radius 3 is 1.75 bits per heavy atom. The van der Waals surface area contributed by atoms with Crippen molar-refractivity contribution in [2.75, 3.05) is 19.7 Å². The summed E-state index contributed by atoms with van der Waals surface area (Å²) in [5.41, 5.74) is -0.0206. The lowest BCUT2D eigenvalue weighted by atomic mass is 10.1. The third kappa shape index (κ3) is 14.3. The lowest BCUT2D eigenvalue weighted by molar-refractivity contribution is -0.00868. The quantitative estimate of drug-likeness (QED) is 0.412. The topological polar surface area (TPSA) is 21.3 Å². The highest BCUT2D eigenvalue weighted by molar-refractivity contribution is 4.71.